The topological polar surface area (TPSA) is 87.2 Å². The lowest BCUT2D eigenvalue weighted by Gasteiger charge is -2.70. The molecule has 3 fully saturated rings. The van der Waals surface area contributed by atoms with Crippen LogP contribution in [0.15, 0.2) is 22.4 Å². The van der Waals surface area contributed by atoms with Crippen molar-refractivity contribution in [3.8, 4) is 12.3 Å². The third-order valence-corrected chi connectivity index (χ3v) is 12.7. The zero-order valence-electron chi connectivity index (χ0n) is 23.3. The highest BCUT2D eigenvalue weighted by Crippen LogP contribution is 2.74. The van der Waals surface area contributed by atoms with Crippen LogP contribution in [0.2, 0.25) is 0 Å². The number of terminal acetylenes is 1. The summed E-state index contributed by atoms with van der Waals surface area (Å²) in [6.45, 7) is 13.9. The lowest BCUT2D eigenvalue weighted by atomic mass is 9.33. The summed E-state index contributed by atoms with van der Waals surface area (Å²) in [6, 6.07) is 0. The molecule has 2 N–H and O–H groups in total. The second-order valence-corrected chi connectivity index (χ2v) is 14.9. The number of aliphatic carboxylic acids is 1. The molecule has 5 aliphatic rings. The fourth-order valence-electron chi connectivity index (χ4n) is 10.7. The van der Waals surface area contributed by atoms with E-state index in [1.165, 1.54) is 5.57 Å². The molecule has 6 rings (SSSR count). The maximum absolute atomic E-state index is 12.9. The lowest BCUT2D eigenvalue weighted by molar-refractivity contribution is -0.168. The Labute approximate surface area is 221 Å². The fraction of sp³-hybridized carbons (Fsp3) is 0.719. The van der Waals surface area contributed by atoms with Gasteiger partial charge in [0.2, 0.25) is 0 Å². The molecule has 3 unspecified atom stereocenters. The molecule has 1 aromatic heterocycles. The summed E-state index contributed by atoms with van der Waals surface area (Å²) in [6.07, 6.45) is 17.2. The summed E-state index contributed by atoms with van der Waals surface area (Å²) in [5.74, 6) is 3.51. The number of hydrogen-bond acceptors (Lipinski definition) is 4. The highest BCUT2D eigenvalue weighted by Gasteiger charge is 2.71. The maximum Gasteiger partial charge on any atom is 0.310 e. The molecule has 0 saturated heterocycles. The van der Waals surface area contributed by atoms with Gasteiger partial charge in [-0.2, -0.15) is 0 Å². The first-order chi connectivity index (χ1) is 17.2. The van der Waals surface area contributed by atoms with Crippen molar-refractivity contribution in [1.82, 2.24) is 5.16 Å². The van der Waals surface area contributed by atoms with Gasteiger partial charge in [0.05, 0.1) is 17.0 Å². The predicted molar refractivity (Wildman–Crippen MR) is 143 cm³/mol. The quantitative estimate of drug-likeness (QED) is 0.326. The van der Waals surface area contributed by atoms with Gasteiger partial charge in [0.1, 0.15) is 0 Å². The number of carboxylic acids is 1. The predicted octanol–water partition coefficient (Wildman–Crippen LogP) is 6.82. The highest BCUT2D eigenvalue weighted by atomic mass is 16.5. The first kappa shape index (κ1) is 25.0. The largest absolute Gasteiger partial charge is 0.481 e. The van der Waals surface area contributed by atoms with Crippen LogP contribution in [-0.2, 0) is 16.6 Å². The van der Waals surface area contributed by atoms with Gasteiger partial charge in [-0.3, -0.25) is 4.79 Å². The molecule has 8 atom stereocenters. The fourth-order valence-corrected chi connectivity index (χ4v) is 10.7. The van der Waals surface area contributed by atoms with Gasteiger partial charge in [0, 0.05) is 17.2 Å². The number of aromatic nitrogens is 1. The van der Waals surface area contributed by atoms with E-state index in [9.17, 15) is 15.3 Å². The minimum Gasteiger partial charge on any atom is -0.481 e. The van der Waals surface area contributed by atoms with Crippen LogP contribution < -0.4 is 0 Å². The Hall–Kier alpha value is -2.35. The van der Waals surface area contributed by atoms with Crippen molar-refractivity contribution < 1.29 is 14.4 Å². The van der Waals surface area contributed by atoms with E-state index in [4.69, 9.17) is 10.9 Å². The Kier molecular flexibility index (Phi) is 4.85. The van der Waals surface area contributed by atoms with Gasteiger partial charge in [0.25, 0.3) is 0 Å². The molecule has 198 valence electrons. The van der Waals surface area contributed by atoms with E-state index in [-0.39, 0.29) is 33.5 Å². The lowest BCUT2D eigenvalue weighted by Crippen LogP contribution is -2.67. The van der Waals surface area contributed by atoms with Gasteiger partial charge in [0.15, 0.2) is 5.76 Å². The van der Waals surface area contributed by atoms with E-state index >= 15 is 0 Å². The monoisotopic (exact) mass is 502 g/mol. The van der Waals surface area contributed by atoms with Crippen LogP contribution in [0.4, 0.5) is 0 Å². The summed E-state index contributed by atoms with van der Waals surface area (Å²) in [5.41, 5.74) is 1.49. The van der Waals surface area contributed by atoms with Gasteiger partial charge in [-0.1, -0.05) is 57.3 Å². The van der Waals surface area contributed by atoms with Crippen molar-refractivity contribution in [2.75, 3.05) is 0 Å². The molecule has 1 heterocycles. The van der Waals surface area contributed by atoms with Crippen molar-refractivity contribution in [3.63, 3.8) is 0 Å². The number of hydrogen-bond donors (Lipinski definition) is 2. The van der Waals surface area contributed by atoms with Gasteiger partial charge >= 0.3 is 5.97 Å². The van der Waals surface area contributed by atoms with E-state index in [0.717, 1.165) is 62.0 Å². The van der Waals surface area contributed by atoms with Crippen LogP contribution in [0.3, 0.4) is 0 Å². The number of fused-ring (bicyclic) bond motifs is 8. The summed E-state index contributed by atoms with van der Waals surface area (Å²) in [7, 11) is 0. The average molecular weight is 503 g/mol. The number of nitrogens with one attached hydrogen (secondary N) is 1. The first-order valence-electron chi connectivity index (χ1n) is 14.1. The van der Waals surface area contributed by atoms with Gasteiger partial charge in [-0.15, -0.1) is 6.42 Å². The van der Waals surface area contributed by atoms with E-state index in [1.807, 2.05) is 6.20 Å². The highest BCUT2D eigenvalue weighted by molar-refractivity contribution is 5.89. The molecule has 0 aromatic carbocycles. The second kappa shape index (κ2) is 7.19. The van der Waals surface area contributed by atoms with E-state index in [2.05, 4.69) is 58.7 Å². The van der Waals surface area contributed by atoms with Crippen molar-refractivity contribution in [2.45, 2.75) is 98.3 Å². The summed E-state index contributed by atoms with van der Waals surface area (Å²) in [4.78, 5) is 12.9. The van der Waals surface area contributed by atoms with E-state index < -0.39 is 16.8 Å². The molecule has 5 aliphatic carbocycles. The molecule has 1 aromatic rings. The van der Waals surface area contributed by atoms with E-state index in [0.29, 0.717) is 12.3 Å². The average Bonchev–Trinajstić information content (AvgIpc) is 3.27. The molecule has 0 spiro atoms. The van der Waals surface area contributed by atoms with Gasteiger partial charge in [-0.05, 0) is 91.8 Å². The van der Waals surface area contributed by atoms with Crippen LogP contribution >= 0.6 is 0 Å². The molecule has 0 aliphatic heterocycles. The van der Waals surface area contributed by atoms with Gasteiger partial charge in [-0.25, -0.2) is 0 Å². The van der Waals surface area contributed by atoms with Crippen molar-refractivity contribution in [2.24, 2.45) is 44.8 Å². The number of carbonyl (C=O) groups is 1. The molecule has 0 radical (unpaired) electrons. The standard InChI is InChI=1S/C32H42N2O3/c1-8-28(4)24-22(33)17-31(7)23(29(24,5)15-19-18-34-37-25(19)28)10-9-20-21-16-27(2,3)11-13-32(21,26(35)36)14-12-30(20,31)6/h1,9,18,21,23-24,33H,10-17H2,2-7H3,(H,35,36)/t21?,23?,24?,28-,29+,30+,31+,32-/m0/s1. The minimum atomic E-state index is -0.694. The molecule has 0 amide bonds. The van der Waals surface area contributed by atoms with Crippen LogP contribution in [0.1, 0.15) is 97.8 Å². The van der Waals surface area contributed by atoms with Crippen LogP contribution in [0.25, 0.3) is 0 Å². The molecular weight excluding hydrogens is 460 g/mol. The summed E-state index contributed by atoms with van der Waals surface area (Å²) >= 11 is 0. The Morgan fingerprint density at radius 2 is 1.84 bits per heavy atom. The zero-order valence-corrected chi connectivity index (χ0v) is 23.3. The SMILES string of the molecule is C#C[C@]1(C)c2oncc2C[C@@]2(C)C1C(=N)C[C@]1(C)C2CC=C2C3CC(C)(C)CC[C@]3(C(=O)O)CC[C@]21C. The molecule has 3 saturated carbocycles. The Balaban J connectivity index is 1.51. The zero-order chi connectivity index (χ0) is 26.8. The number of nitrogens with zero attached hydrogens (tertiary/aromatic N) is 1. The number of allylic oxidation sites excluding steroid dienone is 2. The van der Waals surface area contributed by atoms with Gasteiger partial charge < -0.3 is 15.0 Å². The Bertz CT molecular complexity index is 1280. The Morgan fingerprint density at radius 1 is 1.14 bits per heavy atom. The maximum atomic E-state index is 12.9. The molecule has 0 bridgehead atoms. The number of rotatable bonds is 1. The smallest absolute Gasteiger partial charge is 0.310 e. The summed E-state index contributed by atoms with van der Waals surface area (Å²) in [5, 5.41) is 24.2. The first-order valence-corrected chi connectivity index (χ1v) is 14.1. The van der Waals surface area contributed by atoms with Crippen molar-refractivity contribution in [3.05, 3.63) is 29.2 Å². The Morgan fingerprint density at radius 3 is 2.51 bits per heavy atom. The number of carboxylic acid groups (broad SMARTS) is 1. The molecule has 5 heteroatoms. The van der Waals surface area contributed by atoms with Crippen LogP contribution in [-0.4, -0.2) is 21.9 Å². The third-order valence-electron chi connectivity index (χ3n) is 12.7. The minimum absolute atomic E-state index is 0.0667. The molecular formula is C32H42N2O3. The normalized spacial score (nSPS) is 47.8. The van der Waals surface area contributed by atoms with Crippen molar-refractivity contribution in [1.29, 1.82) is 5.41 Å². The van der Waals surface area contributed by atoms with Crippen LogP contribution in [0, 0.1) is 62.6 Å². The second-order valence-electron chi connectivity index (χ2n) is 14.9. The van der Waals surface area contributed by atoms with E-state index in [1.54, 1.807) is 0 Å². The molecule has 37 heavy (non-hydrogen) atoms. The third kappa shape index (κ3) is 2.80. The molecule has 5 nitrogen and oxygen atoms in total. The summed E-state index contributed by atoms with van der Waals surface area (Å²) < 4.78 is 5.73. The van der Waals surface area contributed by atoms with Crippen molar-refractivity contribution >= 4 is 11.7 Å². The van der Waals surface area contributed by atoms with Crippen LogP contribution in [0.5, 0.6) is 0 Å².